The van der Waals surface area contributed by atoms with Crippen LogP contribution in [0.3, 0.4) is 0 Å². The van der Waals surface area contributed by atoms with Crippen LogP contribution in [0.15, 0.2) is 35.2 Å². The third kappa shape index (κ3) is 3.90. The molecule has 0 radical (unpaired) electrons. The Bertz CT molecular complexity index is 698. The van der Waals surface area contributed by atoms with Crippen molar-refractivity contribution in [1.82, 2.24) is 10.0 Å². The fraction of sp³-hybridized carbons (Fsp3) is 0.364. The molecule has 1 aliphatic rings. The maximum absolute atomic E-state index is 12.0. The van der Waals surface area contributed by atoms with Crippen molar-refractivity contribution in [1.29, 1.82) is 0 Å². The standard InChI is InChI=1S/C11H14N2O4S3/c14-19(15)7-6-9(8-19)12-11(18)13-20(16,17)10-4-2-1-3-5-10/h1-5,9H,6-8H2,(H2,12,13,18). The van der Waals surface area contributed by atoms with E-state index in [2.05, 4.69) is 10.0 Å². The summed E-state index contributed by atoms with van der Waals surface area (Å²) in [5.41, 5.74) is 0. The van der Waals surface area contributed by atoms with Gasteiger partial charge in [-0.05, 0) is 30.8 Å². The zero-order chi connectivity index (χ0) is 14.8. The number of rotatable bonds is 3. The first-order chi connectivity index (χ1) is 9.28. The lowest BCUT2D eigenvalue weighted by atomic mass is 10.3. The van der Waals surface area contributed by atoms with Crippen molar-refractivity contribution < 1.29 is 16.8 Å². The zero-order valence-electron chi connectivity index (χ0n) is 10.4. The fourth-order valence-corrected chi connectivity index (χ4v) is 5.01. The maximum atomic E-state index is 12.0. The average molecular weight is 334 g/mol. The number of benzene rings is 1. The lowest BCUT2D eigenvalue weighted by Gasteiger charge is -2.15. The molecule has 2 rings (SSSR count). The molecule has 1 aromatic rings. The Kier molecular flexibility index (Phi) is 4.31. The number of thiocarbonyl (C=S) groups is 1. The number of sulfonamides is 1. The Morgan fingerprint density at radius 3 is 2.45 bits per heavy atom. The fourth-order valence-electron chi connectivity index (χ4n) is 1.90. The number of sulfone groups is 1. The van der Waals surface area contributed by atoms with E-state index in [9.17, 15) is 16.8 Å². The second-order valence-electron chi connectivity index (χ2n) is 4.49. The van der Waals surface area contributed by atoms with Gasteiger partial charge < -0.3 is 5.32 Å². The van der Waals surface area contributed by atoms with Crippen LogP contribution in [0.5, 0.6) is 0 Å². The van der Waals surface area contributed by atoms with Crippen molar-refractivity contribution >= 4 is 37.2 Å². The summed E-state index contributed by atoms with van der Waals surface area (Å²) in [4.78, 5) is 0.100. The molecule has 0 aromatic heterocycles. The highest BCUT2D eigenvalue weighted by molar-refractivity contribution is 7.92. The van der Waals surface area contributed by atoms with Crippen LogP contribution in [0, 0.1) is 0 Å². The summed E-state index contributed by atoms with van der Waals surface area (Å²) in [7, 11) is -6.77. The lowest BCUT2D eigenvalue weighted by molar-refractivity contribution is 0.590. The van der Waals surface area contributed by atoms with Gasteiger partial charge in [0, 0.05) is 6.04 Å². The van der Waals surface area contributed by atoms with Gasteiger partial charge in [-0.25, -0.2) is 16.8 Å². The molecule has 1 aliphatic heterocycles. The largest absolute Gasteiger partial charge is 0.358 e. The van der Waals surface area contributed by atoms with Gasteiger partial charge in [0.1, 0.15) is 0 Å². The van der Waals surface area contributed by atoms with Crippen LogP contribution in [0.1, 0.15) is 6.42 Å². The molecule has 6 nitrogen and oxygen atoms in total. The molecule has 9 heteroatoms. The van der Waals surface area contributed by atoms with Gasteiger partial charge in [-0.1, -0.05) is 18.2 Å². The summed E-state index contributed by atoms with van der Waals surface area (Å²) >= 11 is 4.92. The van der Waals surface area contributed by atoms with Gasteiger partial charge in [0.25, 0.3) is 10.0 Å². The van der Waals surface area contributed by atoms with Gasteiger partial charge >= 0.3 is 0 Å². The first kappa shape index (κ1) is 15.2. The number of hydrogen-bond acceptors (Lipinski definition) is 5. The smallest absolute Gasteiger partial charge is 0.263 e. The van der Waals surface area contributed by atoms with E-state index in [-0.39, 0.29) is 27.6 Å². The van der Waals surface area contributed by atoms with E-state index in [0.717, 1.165) is 0 Å². The van der Waals surface area contributed by atoms with E-state index in [1.807, 2.05) is 0 Å². The van der Waals surface area contributed by atoms with Gasteiger partial charge in [0.05, 0.1) is 16.4 Å². The van der Waals surface area contributed by atoms with Crippen LogP contribution in [-0.2, 0) is 19.9 Å². The molecule has 2 N–H and O–H groups in total. The van der Waals surface area contributed by atoms with Crippen LogP contribution in [0.4, 0.5) is 0 Å². The second kappa shape index (κ2) is 5.66. The van der Waals surface area contributed by atoms with Gasteiger partial charge in [0.15, 0.2) is 14.9 Å². The van der Waals surface area contributed by atoms with E-state index >= 15 is 0 Å². The van der Waals surface area contributed by atoms with Crippen molar-refractivity contribution in [3.05, 3.63) is 30.3 Å². The molecule has 0 bridgehead atoms. The van der Waals surface area contributed by atoms with Crippen molar-refractivity contribution in [3.8, 4) is 0 Å². The molecule has 0 saturated carbocycles. The minimum atomic E-state index is -3.73. The third-order valence-electron chi connectivity index (χ3n) is 2.85. The zero-order valence-corrected chi connectivity index (χ0v) is 12.9. The molecular formula is C11H14N2O4S3. The molecule has 110 valence electrons. The quantitative estimate of drug-likeness (QED) is 0.758. The summed E-state index contributed by atoms with van der Waals surface area (Å²) < 4.78 is 48.8. The van der Waals surface area contributed by atoms with Gasteiger partial charge in [-0.3, -0.25) is 4.72 Å². The van der Waals surface area contributed by atoms with Crippen LogP contribution < -0.4 is 10.0 Å². The normalized spacial score (nSPS) is 21.3. The predicted octanol–water partition coefficient (Wildman–Crippen LogP) is 0.0265. The maximum Gasteiger partial charge on any atom is 0.263 e. The summed E-state index contributed by atoms with van der Waals surface area (Å²) in [5.74, 6) is 0.0684. The van der Waals surface area contributed by atoms with Crippen molar-refractivity contribution in [2.24, 2.45) is 0 Å². The molecule has 1 aromatic carbocycles. The van der Waals surface area contributed by atoms with E-state index in [4.69, 9.17) is 12.2 Å². The van der Waals surface area contributed by atoms with Gasteiger partial charge in [0.2, 0.25) is 0 Å². The van der Waals surface area contributed by atoms with Crippen molar-refractivity contribution in [3.63, 3.8) is 0 Å². The third-order valence-corrected chi connectivity index (χ3v) is 6.33. The van der Waals surface area contributed by atoms with Gasteiger partial charge in [-0.2, -0.15) is 0 Å². The molecule has 1 atom stereocenters. The molecule has 0 aliphatic carbocycles. The molecule has 0 spiro atoms. The summed E-state index contributed by atoms with van der Waals surface area (Å²) in [6.45, 7) is 0. The van der Waals surface area contributed by atoms with Crippen LogP contribution in [-0.4, -0.2) is 39.5 Å². The Morgan fingerprint density at radius 2 is 1.90 bits per heavy atom. The van der Waals surface area contributed by atoms with Crippen LogP contribution in [0.2, 0.25) is 0 Å². The van der Waals surface area contributed by atoms with E-state index in [0.29, 0.717) is 6.42 Å². The Balaban J connectivity index is 1.99. The highest BCUT2D eigenvalue weighted by atomic mass is 32.2. The second-order valence-corrected chi connectivity index (χ2v) is 8.81. The minimum Gasteiger partial charge on any atom is -0.358 e. The van der Waals surface area contributed by atoms with E-state index in [1.165, 1.54) is 12.1 Å². The minimum absolute atomic E-state index is 0.0276. The SMILES string of the molecule is O=S1(=O)CCC(NC(=S)NS(=O)(=O)c2ccccc2)C1. The molecule has 1 unspecified atom stereocenters. The monoisotopic (exact) mass is 334 g/mol. The summed E-state index contributed by atoms with van der Waals surface area (Å²) in [5, 5.41) is 2.64. The van der Waals surface area contributed by atoms with Crippen LogP contribution in [0.25, 0.3) is 0 Å². The lowest BCUT2D eigenvalue weighted by Crippen LogP contribution is -2.44. The van der Waals surface area contributed by atoms with E-state index < -0.39 is 19.9 Å². The first-order valence-corrected chi connectivity index (χ1v) is 9.59. The number of hydrogen-bond donors (Lipinski definition) is 2. The number of nitrogens with one attached hydrogen (secondary N) is 2. The Morgan fingerprint density at radius 1 is 1.25 bits per heavy atom. The predicted molar refractivity (Wildman–Crippen MR) is 79.6 cm³/mol. The molecule has 20 heavy (non-hydrogen) atoms. The topological polar surface area (TPSA) is 92.3 Å². The van der Waals surface area contributed by atoms with Crippen LogP contribution >= 0.6 is 12.2 Å². The molecule has 1 fully saturated rings. The first-order valence-electron chi connectivity index (χ1n) is 5.87. The molecule has 1 saturated heterocycles. The Hall–Kier alpha value is -1.19. The van der Waals surface area contributed by atoms with Crippen molar-refractivity contribution in [2.75, 3.05) is 11.5 Å². The molecule has 0 amide bonds. The molecule has 1 heterocycles. The van der Waals surface area contributed by atoms with E-state index in [1.54, 1.807) is 18.2 Å². The summed E-state index contributed by atoms with van der Waals surface area (Å²) in [6, 6.07) is 7.48. The highest BCUT2D eigenvalue weighted by Crippen LogP contribution is 2.11. The highest BCUT2D eigenvalue weighted by Gasteiger charge is 2.28. The van der Waals surface area contributed by atoms with Crippen molar-refractivity contribution in [2.45, 2.75) is 17.4 Å². The Labute approximate surface area is 123 Å². The average Bonchev–Trinajstić information content (AvgIpc) is 2.69. The summed E-state index contributed by atoms with van der Waals surface area (Å²) in [6.07, 6.45) is 0.426. The van der Waals surface area contributed by atoms with Gasteiger partial charge in [-0.15, -0.1) is 0 Å². The molecular weight excluding hydrogens is 320 g/mol.